The molecule has 1 atom stereocenters. The van der Waals surface area contributed by atoms with E-state index in [0.717, 1.165) is 50.5 Å². The van der Waals surface area contributed by atoms with Crippen LogP contribution >= 0.6 is 0 Å². The molecule has 1 N–H and O–H groups in total. The second-order valence-electron chi connectivity index (χ2n) is 5.54. The van der Waals surface area contributed by atoms with Crippen molar-refractivity contribution in [3.63, 3.8) is 0 Å². The summed E-state index contributed by atoms with van der Waals surface area (Å²) in [4.78, 5) is 15.6. The normalized spacial score (nSPS) is 18.1. The van der Waals surface area contributed by atoms with Crippen molar-refractivity contribution in [2.24, 2.45) is 5.92 Å². The number of hydrogen-bond donors (Lipinski definition) is 1. The second kappa shape index (κ2) is 6.83. The molecule has 0 aliphatic carbocycles. The van der Waals surface area contributed by atoms with Crippen LogP contribution in [0.4, 0.5) is 0 Å². The van der Waals surface area contributed by atoms with E-state index >= 15 is 0 Å². The second-order valence-corrected chi connectivity index (χ2v) is 5.54. The van der Waals surface area contributed by atoms with Gasteiger partial charge in [-0.3, -0.25) is 4.79 Å². The van der Waals surface area contributed by atoms with Crippen molar-refractivity contribution >= 4 is 5.97 Å². The molecular weight excluding hydrogens is 258 g/mol. The van der Waals surface area contributed by atoms with E-state index in [4.69, 9.17) is 9.84 Å². The molecule has 2 heterocycles. The zero-order chi connectivity index (χ0) is 14.5. The van der Waals surface area contributed by atoms with Crippen molar-refractivity contribution in [3.05, 3.63) is 11.6 Å². The maximum Gasteiger partial charge on any atom is 0.325 e. The largest absolute Gasteiger partial charge is 0.480 e. The molecule has 1 aliphatic rings. The molecule has 0 saturated carbocycles. The number of nitrogens with zero attached hydrogens (tertiary/aromatic N) is 3. The van der Waals surface area contributed by atoms with Crippen LogP contribution in [0.2, 0.25) is 0 Å². The quantitative estimate of drug-likeness (QED) is 0.861. The van der Waals surface area contributed by atoms with E-state index < -0.39 is 5.97 Å². The SMILES string of the molecule is CC[C@@H](C)Cc1nc(C2CCOCC2)nn1CC(=O)O. The number of aliphatic carboxylic acids is 1. The summed E-state index contributed by atoms with van der Waals surface area (Å²) in [5, 5.41) is 13.4. The summed E-state index contributed by atoms with van der Waals surface area (Å²) in [5.74, 6) is 1.48. The lowest BCUT2D eigenvalue weighted by Gasteiger charge is -2.18. The molecule has 1 aromatic heterocycles. The minimum Gasteiger partial charge on any atom is -0.480 e. The van der Waals surface area contributed by atoms with Crippen LogP contribution in [0.1, 0.15) is 50.7 Å². The molecule has 1 aromatic rings. The zero-order valence-electron chi connectivity index (χ0n) is 12.2. The fourth-order valence-corrected chi connectivity index (χ4v) is 2.38. The predicted molar refractivity (Wildman–Crippen MR) is 73.6 cm³/mol. The van der Waals surface area contributed by atoms with Crippen molar-refractivity contribution < 1.29 is 14.6 Å². The summed E-state index contributed by atoms with van der Waals surface area (Å²) in [6.07, 6.45) is 3.66. The van der Waals surface area contributed by atoms with Crippen molar-refractivity contribution in [3.8, 4) is 0 Å². The highest BCUT2D eigenvalue weighted by Crippen LogP contribution is 2.25. The summed E-state index contributed by atoms with van der Waals surface area (Å²) in [6, 6.07) is 0. The summed E-state index contributed by atoms with van der Waals surface area (Å²) >= 11 is 0. The maximum absolute atomic E-state index is 11.0. The first-order valence-corrected chi connectivity index (χ1v) is 7.33. The van der Waals surface area contributed by atoms with Gasteiger partial charge in [-0.15, -0.1) is 0 Å². The molecule has 0 spiro atoms. The van der Waals surface area contributed by atoms with Gasteiger partial charge in [0.15, 0.2) is 5.82 Å². The Bertz CT molecular complexity index is 453. The fraction of sp³-hybridized carbons (Fsp3) is 0.786. The van der Waals surface area contributed by atoms with E-state index in [1.807, 2.05) is 0 Å². The van der Waals surface area contributed by atoms with Gasteiger partial charge in [0.1, 0.15) is 12.4 Å². The summed E-state index contributed by atoms with van der Waals surface area (Å²) < 4.78 is 6.90. The monoisotopic (exact) mass is 281 g/mol. The molecule has 1 fully saturated rings. The Morgan fingerprint density at radius 1 is 1.50 bits per heavy atom. The van der Waals surface area contributed by atoms with Crippen LogP contribution in [-0.2, 0) is 22.5 Å². The van der Waals surface area contributed by atoms with Crippen LogP contribution in [0.15, 0.2) is 0 Å². The van der Waals surface area contributed by atoms with E-state index in [1.165, 1.54) is 0 Å². The zero-order valence-corrected chi connectivity index (χ0v) is 12.2. The highest BCUT2D eigenvalue weighted by molar-refractivity contribution is 5.66. The Balaban J connectivity index is 2.18. The van der Waals surface area contributed by atoms with Crippen LogP contribution < -0.4 is 0 Å². The summed E-state index contributed by atoms with van der Waals surface area (Å²) in [5.41, 5.74) is 0. The van der Waals surface area contributed by atoms with Gasteiger partial charge in [0, 0.05) is 25.6 Å². The van der Waals surface area contributed by atoms with Crippen LogP contribution in [0, 0.1) is 5.92 Å². The number of aromatic nitrogens is 3. The first kappa shape index (κ1) is 15.0. The molecule has 1 saturated heterocycles. The number of carbonyl (C=O) groups is 1. The van der Waals surface area contributed by atoms with E-state index in [0.29, 0.717) is 11.8 Å². The first-order valence-electron chi connectivity index (χ1n) is 7.33. The molecule has 112 valence electrons. The van der Waals surface area contributed by atoms with Crippen LogP contribution in [0.5, 0.6) is 0 Å². The number of carboxylic acid groups (broad SMARTS) is 1. The predicted octanol–water partition coefficient (Wildman–Crippen LogP) is 1.85. The Labute approximate surface area is 119 Å². The molecule has 0 unspecified atom stereocenters. The average molecular weight is 281 g/mol. The van der Waals surface area contributed by atoms with Crippen LogP contribution in [-0.4, -0.2) is 39.1 Å². The molecule has 6 heteroatoms. The number of carboxylic acids is 1. The number of hydrogen-bond acceptors (Lipinski definition) is 4. The van der Waals surface area contributed by atoms with Gasteiger partial charge in [-0.2, -0.15) is 5.10 Å². The Morgan fingerprint density at radius 2 is 2.20 bits per heavy atom. The third-order valence-electron chi connectivity index (χ3n) is 3.86. The van der Waals surface area contributed by atoms with Crippen molar-refractivity contribution in [2.45, 2.75) is 52.0 Å². The number of ether oxygens (including phenoxy) is 1. The van der Waals surface area contributed by atoms with Crippen molar-refractivity contribution in [1.82, 2.24) is 14.8 Å². The topological polar surface area (TPSA) is 77.2 Å². The molecule has 1 aliphatic heterocycles. The molecule has 6 nitrogen and oxygen atoms in total. The van der Waals surface area contributed by atoms with E-state index in [9.17, 15) is 4.79 Å². The lowest BCUT2D eigenvalue weighted by atomic mass is 10.00. The Kier molecular flexibility index (Phi) is 5.11. The van der Waals surface area contributed by atoms with Crippen LogP contribution in [0.3, 0.4) is 0 Å². The van der Waals surface area contributed by atoms with Gasteiger partial charge < -0.3 is 9.84 Å². The molecule has 2 rings (SSSR count). The van der Waals surface area contributed by atoms with E-state index in [1.54, 1.807) is 4.68 Å². The third-order valence-corrected chi connectivity index (χ3v) is 3.86. The van der Waals surface area contributed by atoms with Crippen LogP contribution in [0.25, 0.3) is 0 Å². The maximum atomic E-state index is 11.0. The highest BCUT2D eigenvalue weighted by Gasteiger charge is 2.23. The van der Waals surface area contributed by atoms with Crippen molar-refractivity contribution in [2.75, 3.05) is 13.2 Å². The van der Waals surface area contributed by atoms with Gasteiger partial charge in [0.25, 0.3) is 0 Å². The first-order chi connectivity index (χ1) is 9.60. The molecule has 0 bridgehead atoms. The summed E-state index contributed by atoms with van der Waals surface area (Å²) in [6.45, 7) is 5.63. The van der Waals surface area contributed by atoms with Crippen molar-refractivity contribution in [1.29, 1.82) is 0 Å². The molecule has 0 amide bonds. The lowest BCUT2D eigenvalue weighted by molar-refractivity contribution is -0.137. The van der Waals surface area contributed by atoms with Gasteiger partial charge in [-0.05, 0) is 18.8 Å². The van der Waals surface area contributed by atoms with Gasteiger partial charge in [-0.1, -0.05) is 20.3 Å². The standard InChI is InChI=1S/C14H23N3O3/c1-3-10(2)8-12-15-14(11-4-6-20-7-5-11)16-17(12)9-13(18)19/h10-11H,3-9H2,1-2H3,(H,18,19)/t10-/m1/s1. The third kappa shape index (κ3) is 3.79. The minimum absolute atomic E-state index is 0.109. The average Bonchev–Trinajstić information content (AvgIpc) is 2.82. The van der Waals surface area contributed by atoms with Gasteiger partial charge in [-0.25, -0.2) is 9.67 Å². The smallest absolute Gasteiger partial charge is 0.325 e. The van der Waals surface area contributed by atoms with E-state index in [-0.39, 0.29) is 6.54 Å². The van der Waals surface area contributed by atoms with E-state index in [2.05, 4.69) is 23.9 Å². The van der Waals surface area contributed by atoms with Gasteiger partial charge >= 0.3 is 5.97 Å². The molecular formula is C14H23N3O3. The molecule has 0 aromatic carbocycles. The van der Waals surface area contributed by atoms with Gasteiger partial charge in [0.05, 0.1) is 0 Å². The Hall–Kier alpha value is -1.43. The molecule has 20 heavy (non-hydrogen) atoms. The summed E-state index contributed by atoms with van der Waals surface area (Å²) in [7, 11) is 0. The van der Waals surface area contributed by atoms with Gasteiger partial charge in [0.2, 0.25) is 0 Å². The minimum atomic E-state index is -0.876. The molecule has 0 radical (unpaired) electrons. The lowest BCUT2D eigenvalue weighted by Crippen LogP contribution is -2.16. The fourth-order valence-electron chi connectivity index (χ4n) is 2.38. The highest BCUT2D eigenvalue weighted by atomic mass is 16.5. The Morgan fingerprint density at radius 3 is 2.80 bits per heavy atom. The number of rotatable bonds is 6.